The molecule has 0 spiro atoms. The van der Waals surface area contributed by atoms with E-state index in [9.17, 15) is 14.9 Å². The molecular formula is C21H24N2O4S. The minimum Gasteiger partial charge on any atom is -0.453 e. The number of aromatic nitrogens is 1. The van der Waals surface area contributed by atoms with Crippen molar-refractivity contribution >= 4 is 29.2 Å². The predicted octanol–water partition coefficient (Wildman–Crippen LogP) is 4.02. The molecule has 2 aromatic heterocycles. The molecule has 0 N–H and O–H groups in total. The number of aryl methyl sites for hydroxylation is 2. The third kappa shape index (κ3) is 4.97. The molecule has 6 nitrogen and oxygen atoms in total. The van der Waals surface area contributed by atoms with Crippen molar-refractivity contribution in [2.45, 2.75) is 33.7 Å². The molecule has 2 aromatic rings. The van der Waals surface area contributed by atoms with Gasteiger partial charge in [-0.15, -0.1) is 11.3 Å². The van der Waals surface area contributed by atoms with Crippen LogP contribution in [0.15, 0.2) is 23.8 Å². The number of esters is 1. The molecule has 7 heteroatoms. The number of methoxy groups -OCH3 is 1. The molecule has 1 atom stereocenters. The summed E-state index contributed by atoms with van der Waals surface area (Å²) in [4.78, 5) is 25.9. The first-order valence-electron chi connectivity index (χ1n) is 8.84. The van der Waals surface area contributed by atoms with Crippen LogP contribution in [-0.2, 0) is 14.3 Å². The zero-order valence-corrected chi connectivity index (χ0v) is 17.6. The summed E-state index contributed by atoms with van der Waals surface area (Å²) >= 11 is 1.34. The van der Waals surface area contributed by atoms with Gasteiger partial charge in [0.2, 0.25) is 5.78 Å². The van der Waals surface area contributed by atoms with Crippen LogP contribution in [0.5, 0.6) is 0 Å². The number of rotatable bonds is 8. The quantitative estimate of drug-likeness (QED) is 0.289. The number of thiophene rings is 1. The Labute approximate surface area is 169 Å². The number of hydrogen-bond acceptors (Lipinski definition) is 6. The largest absolute Gasteiger partial charge is 0.453 e. The van der Waals surface area contributed by atoms with E-state index in [4.69, 9.17) is 9.47 Å². The van der Waals surface area contributed by atoms with E-state index in [1.165, 1.54) is 17.4 Å². The van der Waals surface area contributed by atoms with E-state index < -0.39 is 5.97 Å². The Morgan fingerprint density at radius 2 is 2.04 bits per heavy atom. The van der Waals surface area contributed by atoms with E-state index >= 15 is 0 Å². The lowest BCUT2D eigenvalue weighted by molar-refractivity contribution is -0.137. The van der Waals surface area contributed by atoms with Crippen molar-refractivity contribution in [2.75, 3.05) is 20.3 Å². The lowest BCUT2D eigenvalue weighted by atomic mass is 10.1. The zero-order valence-electron chi connectivity index (χ0n) is 16.7. The fourth-order valence-electron chi connectivity index (χ4n) is 3.10. The van der Waals surface area contributed by atoms with E-state index in [0.717, 1.165) is 21.8 Å². The molecular weight excluding hydrogens is 376 g/mol. The Morgan fingerprint density at radius 3 is 2.61 bits per heavy atom. The summed E-state index contributed by atoms with van der Waals surface area (Å²) in [6.07, 6.45) is 1.50. The van der Waals surface area contributed by atoms with Crippen LogP contribution in [0.4, 0.5) is 0 Å². The van der Waals surface area contributed by atoms with Crippen LogP contribution in [0.1, 0.15) is 44.5 Å². The van der Waals surface area contributed by atoms with Crippen LogP contribution in [-0.4, -0.2) is 36.6 Å². The summed E-state index contributed by atoms with van der Waals surface area (Å²) in [6, 6.07) is 7.44. The Kier molecular flexibility index (Phi) is 7.32. The first kappa shape index (κ1) is 21.6. The van der Waals surface area contributed by atoms with Crippen LogP contribution >= 0.6 is 11.3 Å². The van der Waals surface area contributed by atoms with Gasteiger partial charge in [0.25, 0.3) is 0 Å². The second-order valence-electron chi connectivity index (χ2n) is 6.58. The molecule has 0 saturated heterocycles. The number of ketones is 1. The molecule has 0 aromatic carbocycles. The molecule has 0 amide bonds. The Hall–Kier alpha value is -2.69. The van der Waals surface area contributed by atoms with Crippen molar-refractivity contribution in [3.63, 3.8) is 0 Å². The maximum atomic E-state index is 12.3. The summed E-state index contributed by atoms with van der Waals surface area (Å²) in [5.41, 5.74) is 2.54. The van der Waals surface area contributed by atoms with Crippen molar-refractivity contribution in [3.8, 4) is 6.07 Å². The summed E-state index contributed by atoms with van der Waals surface area (Å²) in [5.74, 6) is -1.09. The Balaban J connectivity index is 2.15. The van der Waals surface area contributed by atoms with Crippen molar-refractivity contribution in [3.05, 3.63) is 50.5 Å². The Bertz CT molecular complexity index is 946. The molecule has 0 bridgehead atoms. The van der Waals surface area contributed by atoms with Gasteiger partial charge in [0.1, 0.15) is 11.6 Å². The van der Waals surface area contributed by atoms with Crippen molar-refractivity contribution in [1.82, 2.24) is 4.57 Å². The molecule has 0 aliphatic carbocycles. The molecule has 0 radical (unpaired) electrons. The van der Waals surface area contributed by atoms with E-state index in [1.807, 2.05) is 45.9 Å². The van der Waals surface area contributed by atoms with Gasteiger partial charge in [-0.3, -0.25) is 4.79 Å². The Morgan fingerprint density at radius 1 is 1.32 bits per heavy atom. The number of Topliss-reactive ketones (excluding diaryl/α,β-unsaturated/α-hetero) is 1. The standard InChI is InChI=1S/C21H24N2O4S/c1-13-8-17(16(4)23(13)14(2)11-26-5)9-18(10-22)21(25)27-12-19(24)20-7-6-15(3)28-20/h6-9,14H,11-12H2,1-5H3/b18-9+/t14-/m1/s1. The molecule has 28 heavy (non-hydrogen) atoms. The molecule has 0 unspecified atom stereocenters. The van der Waals surface area contributed by atoms with Crippen LogP contribution in [0.25, 0.3) is 6.08 Å². The van der Waals surface area contributed by atoms with Gasteiger partial charge < -0.3 is 14.0 Å². The van der Waals surface area contributed by atoms with Crippen LogP contribution in [0.2, 0.25) is 0 Å². The van der Waals surface area contributed by atoms with E-state index in [0.29, 0.717) is 11.5 Å². The third-order valence-electron chi connectivity index (χ3n) is 4.36. The topological polar surface area (TPSA) is 81.3 Å². The number of carbonyl (C=O) groups is 2. The normalized spacial score (nSPS) is 12.5. The SMILES string of the molecule is COC[C@@H](C)n1c(C)cc(/C=C(\C#N)C(=O)OCC(=O)c2ccc(C)s2)c1C. The van der Waals surface area contributed by atoms with Gasteiger partial charge in [0.05, 0.1) is 17.5 Å². The van der Waals surface area contributed by atoms with E-state index in [1.54, 1.807) is 13.2 Å². The molecule has 0 aliphatic heterocycles. The van der Waals surface area contributed by atoms with E-state index in [2.05, 4.69) is 4.57 Å². The molecule has 0 aliphatic rings. The minimum absolute atomic E-state index is 0.122. The smallest absolute Gasteiger partial charge is 0.349 e. The molecule has 2 heterocycles. The fourth-order valence-corrected chi connectivity index (χ4v) is 3.89. The second kappa shape index (κ2) is 9.49. The van der Waals surface area contributed by atoms with E-state index in [-0.39, 0.29) is 24.0 Å². The fraction of sp³-hybridized carbons (Fsp3) is 0.381. The highest BCUT2D eigenvalue weighted by Gasteiger charge is 2.18. The number of ether oxygens (including phenoxy) is 2. The maximum absolute atomic E-state index is 12.3. The summed E-state index contributed by atoms with van der Waals surface area (Å²) in [6.45, 7) is 7.98. The van der Waals surface area contributed by atoms with Crippen LogP contribution in [0.3, 0.4) is 0 Å². The summed E-state index contributed by atoms with van der Waals surface area (Å²) in [7, 11) is 1.65. The lowest BCUT2D eigenvalue weighted by Gasteiger charge is -2.17. The first-order chi connectivity index (χ1) is 13.3. The minimum atomic E-state index is -0.807. The third-order valence-corrected chi connectivity index (χ3v) is 5.40. The maximum Gasteiger partial charge on any atom is 0.349 e. The van der Waals surface area contributed by atoms with Gasteiger partial charge in [-0.25, -0.2) is 4.79 Å². The van der Waals surface area contributed by atoms with Crippen LogP contribution < -0.4 is 0 Å². The van der Waals surface area contributed by atoms with Gasteiger partial charge in [-0.05, 0) is 57.5 Å². The molecule has 0 saturated carbocycles. The second-order valence-corrected chi connectivity index (χ2v) is 7.87. The van der Waals surface area contributed by atoms with Gasteiger partial charge in [0.15, 0.2) is 6.61 Å². The molecule has 0 fully saturated rings. The molecule has 2 rings (SSSR count). The summed E-state index contributed by atoms with van der Waals surface area (Å²) < 4.78 is 12.4. The number of nitrogens with zero attached hydrogens (tertiary/aromatic N) is 2. The number of hydrogen-bond donors (Lipinski definition) is 0. The monoisotopic (exact) mass is 400 g/mol. The van der Waals surface area contributed by atoms with Gasteiger partial charge in [-0.2, -0.15) is 5.26 Å². The number of nitriles is 1. The highest BCUT2D eigenvalue weighted by molar-refractivity contribution is 7.14. The van der Waals surface area contributed by atoms with Gasteiger partial charge >= 0.3 is 5.97 Å². The van der Waals surface area contributed by atoms with Crippen molar-refractivity contribution < 1.29 is 19.1 Å². The zero-order chi connectivity index (χ0) is 20.8. The molecule has 148 valence electrons. The average molecular weight is 401 g/mol. The van der Waals surface area contributed by atoms with Crippen molar-refractivity contribution in [2.24, 2.45) is 0 Å². The summed E-state index contributed by atoms with van der Waals surface area (Å²) in [5, 5.41) is 9.37. The van der Waals surface area contributed by atoms with Gasteiger partial charge in [0, 0.05) is 23.4 Å². The highest BCUT2D eigenvalue weighted by Crippen LogP contribution is 2.23. The van der Waals surface area contributed by atoms with Crippen molar-refractivity contribution in [1.29, 1.82) is 5.26 Å². The number of carbonyl (C=O) groups excluding carboxylic acids is 2. The first-order valence-corrected chi connectivity index (χ1v) is 9.66. The highest BCUT2D eigenvalue weighted by atomic mass is 32.1. The predicted molar refractivity (Wildman–Crippen MR) is 108 cm³/mol. The van der Waals surface area contributed by atoms with Crippen LogP contribution in [0, 0.1) is 32.1 Å². The average Bonchev–Trinajstić information content (AvgIpc) is 3.20. The lowest BCUT2D eigenvalue weighted by Crippen LogP contribution is -2.14. The van der Waals surface area contributed by atoms with Gasteiger partial charge in [-0.1, -0.05) is 0 Å².